The molecule has 1 N–H and O–H groups in total. The van der Waals surface area contributed by atoms with E-state index in [4.69, 9.17) is 4.74 Å². The molecule has 22 heavy (non-hydrogen) atoms. The van der Waals surface area contributed by atoms with Gasteiger partial charge in [-0.2, -0.15) is 0 Å². The molecule has 114 valence electrons. The Balaban J connectivity index is 2.35. The largest absolute Gasteiger partial charge is 0.484 e. The minimum absolute atomic E-state index is 0.468. The highest BCUT2D eigenvalue weighted by molar-refractivity contribution is 5.85. The van der Waals surface area contributed by atoms with Gasteiger partial charge in [-0.05, 0) is 38.8 Å². The fourth-order valence-electron chi connectivity index (χ4n) is 3.03. The second kappa shape index (κ2) is 4.99. The molecule has 0 bridgehead atoms. The van der Waals surface area contributed by atoms with Crippen molar-refractivity contribution < 1.29 is 9.84 Å². The zero-order valence-corrected chi connectivity index (χ0v) is 13.6. The molecule has 1 aliphatic heterocycles. The van der Waals surface area contributed by atoms with Crippen LogP contribution in [-0.2, 0) is 10.3 Å². The van der Waals surface area contributed by atoms with Crippen LogP contribution in [0.15, 0.2) is 60.4 Å². The molecule has 1 heterocycles. The predicted molar refractivity (Wildman–Crippen MR) is 89.3 cm³/mol. The van der Waals surface area contributed by atoms with Gasteiger partial charge >= 0.3 is 0 Å². The number of hydrogen-bond donors (Lipinski definition) is 1. The average Bonchev–Trinajstić information content (AvgIpc) is 2.47. The summed E-state index contributed by atoms with van der Waals surface area (Å²) in [4.78, 5) is 0. The quantitative estimate of drug-likeness (QED) is 0.884. The third-order valence-corrected chi connectivity index (χ3v) is 4.05. The van der Waals surface area contributed by atoms with E-state index in [0.717, 1.165) is 22.3 Å². The number of hydrogen-bond acceptors (Lipinski definition) is 2. The summed E-state index contributed by atoms with van der Waals surface area (Å²) in [6.45, 7) is 7.63. The summed E-state index contributed by atoms with van der Waals surface area (Å²) in [5.41, 5.74) is 2.79. The van der Waals surface area contributed by atoms with Gasteiger partial charge in [0.05, 0.1) is 0 Å². The highest BCUT2D eigenvalue weighted by Gasteiger charge is 2.39. The van der Waals surface area contributed by atoms with Gasteiger partial charge in [-0.1, -0.05) is 54.6 Å². The summed E-state index contributed by atoms with van der Waals surface area (Å²) in [5.74, 6) is 0.627. The molecule has 0 aliphatic carbocycles. The molecule has 0 amide bonds. The number of ether oxygens (including phenoxy) is 1. The van der Waals surface area contributed by atoms with E-state index < -0.39 is 11.2 Å². The first-order valence-electron chi connectivity index (χ1n) is 7.62. The zero-order chi connectivity index (χ0) is 16.0. The molecule has 2 heteroatoms. The van der Waals surface area contributed by atoms with Crippen LogP contribution in [0.25, 0.3) is 5.57 Å². The van der Waals surface area contributed by atoms with Crippen LogP contribution in [0, 0.1) is 0 Å². The lowest BCUT2D eigenvalue weighted by atomic mass is 9.81. The second-order valence-corrected chi connectivity index (χ2v) is 6.79. The maximum atomic E-state index is 10.6. The van der Waals surface area contributed by atoms with Crippen molar-refractivity contribution in [3.63, 3.8) is 0 Å². The van der Waals surface area contributed by atoms with Gasteiger partial charge in [-0.25, -0.2) is 0 Å². The molecule has 3 rings (SSSR count). The van der Waals surface area contributed by atoms with Crippen molar-refractivity contribution in [2.24, 2.45) is 0 Å². The Morgan fingerprint density at radius 3 is 2.14 bits per heavy atom. The van der Waals surface area contributed by atoms with Gasteiger partial charge in [0.2, 0.25) is 0 Å². The van der Waals surface area contributed by atoms with Gasteiger partial charge in [0, 0.05) is 11.1 Å². The molecule has 2 aromatic rings. The minimum atomic E-state index is -1.05. The van der Waals surface area contributed by atoms with Gasteiger partial charge in [0.15, 0.2) is 0 Å². The summed E-state index contributed by atoms with van der Waals surface area (Å²) < 4.78 is 6.26. The maximum Gasteiger partial charge on any atom is 0.137 e. The summed E-state index contributed by atoms with van der Waals surface area (Å²) >= 11 is 0. The smallest absolute Gasteiger partial charge is 0.137 e. The first kappa shape index (κ1) is 14.9. The number of benzene rings is 2. The highest BCUT2D eigenvalue weighted by Crippen LogP contribution is 2.45. The molecule has 0 radical (unpaired) electrons. The monoisotopic (exact) mass is 294 g/mol. The first-order valence-corrected chi connectivity index (χ1v) is 7.62. The Morgan fingerprint density at radius 1 is 0.909 bits per heavy atom. The van der Waals surface area contributed by atoms with Crippen molar-refractivity contribution in [3.05, 3.63) is 77.0 Å². The molecule has 0 aromatic heterocycles. The molecule has 2 nitrogen and oxygen atoms in total. The molecule has 0 unspecified atom stereocenters. The van der Waals surface area contributed by atoms with Crippen LogP contribution in [0.1, 0.15) is 44.4 Å². The molecular weight excluding hydrogens is 272 g/mol. The summed E-state index contributed by atoms with van der Waals surface area (Å²) in [6.07, 6.45) is 0. The van der Waals surface area contributed by atoms with E-state index in [0.29, 0.717) is 5.76 Å². The van der Waals surface area contributed by atoms with Crippen LogP contribution in [0.5, 0.6) is 0 Å². The number of aliphatic hydroxyl groups is 1. The van der Waals surface area contributed by atoms with E-state index in [1.807, 2.05) is 44.2 Å². The molecule has 0 atom stereocenters. The molecule has 1 aliphatic rings. The summed E-state index contributed by atoms with van der Waals surface area (Å²) in [7, 11) is 0. The van der Waals surface area contributed by atoms with Crippen LogP contribution < -0.4 is 0 Å². The van der Waals surface area contributed by atoms with Crippen LogP contribution in [0.3, 0.4) is 0 Å². The van der Waals surface area contributed by atoms with Crippen molar-refractivity contribution in [1.82, 2.24) is 0 Å². The Hall–Kier alpha value is -2.06. The van der Waals surface area contributed by atoms with Crippen molar-refractivity contribution in [2.75, 3.05) is 0 Å². The topological polar surface area (TPSA) is 29.5 Å². The fraction of sp³-hybridized carbons (Fsp3) is 0.300. The van der Waals surface area contributed by atoms with Crippen LogP contribution in [0.4, 0.5) is 0 Å². The number of fused-ring (bicyclic) bond motifs is 1. The van der Waals surface area contributed by atoms with Crippen molar-refractivity contribution in [2.45, 2.75) is 38.9 Å². The van der Waals surface area contributed by atoms with Crippen LogP contribution in [-0.4, -0.2) is 10.7 Å². The Bertz CT molecular complexity index is 719. The third-order valence-electron chi connectivity index (χ3n) is 4.05. The van der Waals surface area contributed by atoms with E-state index in [1.165, 1.54) is 0 Å². The van der Waals surface area contributed by atoms with Gasteiger partial charge in [-0.3, -0.25) is 0 Å². The number of rotatable bonds is 2. The lowest BCUT2D eigenvalue weighted by Crippen LogP contribution is -2.36. The Labute approximate surface area is 132 Å². The fourth-order valence-corrected chi connectivity index (χ4v) is 3.03. The van der Waals surface area contributed by atoms with Crippen molar-refractivity contribution >= 4 is 5.57 Å². The lowest BCUT2D eigenvalue weighted by Gasteiger charge is -2.40. The molecule has 2 aromatic carbocycles. The second-order valence-electron chi connectivity index (χ2n) is 6.79. The standard InChI is InChI=1S/C20H22O2/c1-19(2,21)18-17(14-10-6-5-7-11-14)15-12-8-9-13-16(15)20(3,4)22-18/h5-13,21H,1-4H3. The summed E-state index contributed by atoms with van der Waals surface area (Å²) in [5, 5.41) is 10.6. The van der Waals surface area contributed by atoms with Gasteiger partial charge in [-0.15, -0.1) is 0 Å². The molecule has 0 saturated heterocycles. The Morgan fingerprint density at radius 2 is 1.50 bits per heavy atom. The molecule has 0 fully saturated rings. The molecule has 0 saturated carbocycles. The zero-order valence-electron chi connectivity index (χ0n) is 13.6. The normalized spacial score (nSPS) is 17.0. The SMILES string of the molecule is CC(C)(O)C1=C(c2ccccc2)c2ccccc2C(C)(C)O1. The van der Waals surface area contributed by atoms with Crippen molar-refractivity contribution in [1.29, 1.82) is 0 Å². The van der Waals surface area contributed by atoms with E-state index >= 15 is 0 Å². The molecule has 0 spiro atoms. The minimum Gasteiger partial charge on any atom is -0.484 e. The first-order chi connectivity index (χ1) is 10.3. The maximum absolute atomic E-state index is 10.6. The lowest BCUT2D eigenvalue weighted by molar-refractivity contribution is -0.0389. The van der Waals surface area contributed by atoms with E-state index in [1.54, 1.807) is 13.8 Å². The third kappa shape index (κ3) is 2.44. The van der Waals surface area contributed by atoms with Gasteiger partial charge in [0.25, 0.3) is 0 Å². The van der Waals surface area contributed by atoms with Crippen LogP contribution in [0.2, 0.25) is 0 Å². The van der Waals surface area contributed by atoms with E-state index in [-0.39, 0.29) is 0 Å². The average molecular weight is 294 g/mol. The van der Waals surface area contributed by atoms with Gasteiger partial charge in [0.1, 0.15) is 17.0 Å². The van der Waals surface area contributed by atoms with Gasteiger partial charge < -0.3 is 9.84 Å². The van der Waals surface area contributed by atoms with E-state index in [9.17, 15) is 5.11 Å². The van der Waals surface area contributed by atoms with Crippen LogP contribution >= 0.6 is 0 Å². The van der Waals surface area contributed by atoms with E-state index in [2.05, 4.69) is 24.3 Å². The summed E-state index contributed by atoms with van der Waals surface area (Å²) in [6, 6.07) is 18.4. The highest BCUT2D eigenvalue weighted by atomic mass is 16.5. The molecular formula is C20H22O2. The Kier molecular flexibility index (Phi) is 3.37. The predicted octanol–water partition coefficient (Wildman–Crippen LogP) is 4.48. The van der Waals surface area contributed by atoms with Crippen molar-refractivity contribution in [3.8, 4) is 0 Å².